The minimum absolute atomic E-state index is 0.0841. The maximum absolute atomic E-state index is 11.3. The summed E-state index contributed by atoms with van der Waals surface area (Å²) in [6.45, 7) is 5.14. The quantitative estimate of drug-likeness (QED) is 0.587. The Balaban J connectivity index is 2.53. The highest BCUT2D eigenvalue weighted by molar-refractivity contribution is 5.80. The van der Waals surface area contributed by atoms with Gasteiger partial charge >= 0.3 is 0 Å². The number of morpholine rings is 1. The van der Waals surface area contributed by atoms with Crippen molar-refractivity contribution in [1.29, 1.82) is 0 Å². The van der Waals surface area contributed by atoms with E-state index >= 15 is 0 Å². The zero-order valence-corrected chi connectivity index (χ0v) is 7.49. The van der Waals surface area contributed by atoms with Crippen LogP contribution in [0.4, 0.5) is 0 Å². The monoisotopic (exact) mass is 173 g/mol. The van der Waals surface area contributed by atoms with Crippen molar-refractivity contribution in [3.63, 3.8) is 0 Å². The summed E-state index contributed by atoms with van der Waals surface area (Å²) in [5.74, 6) is -0.203. The van der Waals surface area contributed by atoms with Crippen molar-refractivity contribution in [2.75, 3.05) is 19.8 Å². The molecule has 0 aromatic heterocycles. The molecule has 70 valence electrons. The minimum Gasteiger partial charge on any atom is -0.384 e. The van der Waals surface area contributed by atoms with Gasteiger partial charge in [0.15, 0.2) is 0 Å². The molecule has 0 spiro atoms. The first kappa shape index (κ1) is 9.48. The van der Waals surface area contributed by atoms with E-state index in [0.717, 1.165) is 0 Å². The van der Waals surface area contributed by atoms with Gasteiger partial charge in [-0.05, 0) is 13.8 Å². The molecule has 1 aliphatic heterocycles. The Morgan fingerprint density at radius 2 is 2.42 bits per heavy atom. The normalized spacial score (nSPS) is 26.9. The Bertz CT molecular complexity index is 170. The molecule has 2 atom stereocenters. The highest BCUT2D eigenvalue weighted by Crippen LogP contribution is 2.07. The van der Waals surface area contributed by atoms with E-state index in [9.17, 15) is 4.79 Å². The van der Waals surface area contributed by atoms with Crippen LogP contribution in [0.15, 0.2) is 0 Å². The Labute approximate surface area is 72.1 Å². The van der Waals surface area contributed by atoms with Crippen LogP contribution in [0.1, 0.15) is 13.8 Å². The summed E-state index contributed by atoms with van der Waals surface area (Å²) in [7, 11) is 0. The topological polar surface area (TPSA) is 49.8 Å². The van der Waals surface area contributed by atoms with Crippen LogP contribution in [0, 0.1) is 0 Å². The zero-order valence-electron chi connectivity index (χ0n) is 7.49. The number of aliphatic hydroxyl groups is 1. The molecule has 1 aliphatic rings. The lowest BCUT2D eigenvalue weighted by Gasteiger charge is -2.34. The second kappa shape index (κ2) is 3.87. The Hall–Kier alpha value is -0.610. The standard InChI is InChI=1S/C8H15NO3/c1-6-5-12-4-3-9(6)8(11)7(2)10/h6-7,10H,3-5H2,1-2H3/t6-,7+/m1/s1. The van der Waals surface area contributed by atoms with Gasteiger partial charge in [0.2, 0.25) is 0 Å². The molecule has 0 aliphatic carbocycles. The average Bonchev–Trinajstić information content (AvgIpc) is 2.04. The zero-order chi connectivity index (χ0) is 9.14. The van der Waals surface area contributed by atoms with Crippen LogP contribution in [-0.4, -0.2) is 47.8 Å². The van der Waals surface area contributed by atoms with E-state index in [2.05, 4.69) is 0 Å². The summed E-state index contributed by atoms with van der Waals surface area (Å²) in [5.41, 5.74) is 0. The number of hydrogen-bond donors (Lipinski definition) is 1. The van der Waals surface area contributed by atoms with Gasteiger partial charge in [0.1, 0.15) is 6.10 Å². The molecule has 1 heterocycles. The molecule has 0 aromatic rings. The maximum Gasteiger partial charge on any atom is 0.251 e. The number of rotatable bonds is 1. The Kier molecular flexibility index (Phi) is 3.05. The Morgan fingerprint density at radius 3 is 2.92 bits per heavy atom. The Morgan fingerprint density at radius 1 is 1.75 bits per heavy atom. The van der Waals surface area contributed by atoms with Crippen molar-refractivity contribution in [1.82, 2.24) is 4.90 Å². The molecule has 4 nitrogen and oxygen atoms in total. The van der Waals surface area contributed by atoms with Crippen molar-refractivity contribution < 1.29 is 14.6 Å². The summed E-state index contributed by atoms with van der Waals surface area (Å²) in [4.78, 5) is 13.0. The molecule has 0 radical (unpaired) electrons. The van der Waals surface area contributed by atoms with E-state index in [-0.39, 0.29) is 11.9 Å². The highest BCUT2D eigenvalue weighted by Gasteiger charge is 2.25. The van der Waals surface area contributed by atoms with Crippen LogP contribution in [0.3, 0.4) is 0 Å². The fourth-order valence-corrected chi connectivity index (χ4v) is 1.29. The third kappa shape index (κ3) is 1.95. The highest BCUT2D eigenvalue weighted by atomic mass is 16.5. The molecule has 0 unspecified atom stereocenters. The first-order valence-corrected chi connectivity index (χ1v) is 4.19. The number of carbonyl (C=O) groups is 1. The smallest absolute Gasteiger partial charge is 0.251 e. The molecule has 1 saturated heterocycles. The second-order valence-corrected chi connectivity index (χ2v) is 3.13. The van der Waals surface area contributed by atoms with E-state index < -0.39 is 6.10 Å². The SMILES string of the molecule is C[C@H](O)C(=O)N1CCOC[C@H]1C. The maximum atomic E-state index is 11.3. The van der Waals surface area contributed by atoms with Gasteiger partial charge in [-0.1, -0.05) is 0 Å². The van der Waals surface area contributed by atoms with Gasteiger partial charge in [0, 0.05) is 6.54 Å². The number of ether oxygens (including phenoxy) is 1. The van der Waals surface area contributed by atoms with Gasteiger partial charge in [-0.2, -0.15) is 0 Å². The van der Waals surface area contributed by atoms with Crippen LogP contribution < -0.4 is 0 Å². The third-order valence-electron chi connectivity index (χ3n) is 2.01. The minimum atomic E-state index is -0.898. The van der Waals surface area contributed by atoms with Gasteiger partial charge in [-0.15, -0.1) is 0 Å². The van der Waals surface area contributed by atoms with E-state index in [0.29, 0.717) is 19.8 Å². The molecular formula is C8H15NO3. The lowest BCUT2D eigenvalue weighted by Crippen LogP contribution is -2.50. The third-order valence-corrected chi connectivity index (χ3v) is 2.01. The summed E-state index contributed by atoms with van der Waals surface area (Å²) < 4.78 is 5.17. The lowest BCUT2D eigenvalue weighted by molar-refractivity contribution is -0.147. The molecule has 0 aromatic carbocycles. The molecule has 1 N–H and O–H groups in total. The number of carbonyl (C=O) groups excluding carboxylic acids is 1. The summed E-state index contributed by atoms with van der Waals surface area (Å²) >= 11 is 0. The molecule has 1 rings (SSSR count). The van der Waals surface area contributed by atoms with Gasteiger partial charge in [-0.25, -0.2) is 0 Å². The van der Waals surface area contributed by atoms with Crippen LogP contribution >= 0.6 is 0 Å². The molecule has 4 heteroatoms. The van der Waals surface area contributed by atoms with Crippen LogP contribution in [0.25, 0.3) is 0 Å². The van der Waals surface area contributed by atoms with Crippen molar-refractivity contribution in [3.8, 4) is 0 Å². The van der Waals surface area contributed by atoms with Crippen LogP contribution in [-0.2, 0) is 9.53 Å². The number of hydrogen-bond acceptors (Lipinski definition) is 3. The summed E-state index contributed by atoms with van der Waals surface area (Å²) in [6, 6.07) is 0.0841. The fourth-order valence-electron chi connectivity index (χ4n) is 1.29. The first-order valence-electron chi connectivity index (χ1n) is 4.19. The van der Waals surface area contributed by atoms with E-state index in [1.807, 2.05) is 6.92 Å². The summed E-state index contributed by atoms with van der Waals surface area (Å²) in [6.07, 6.45) is -0.898. The number of aliphatic hydroxyl groups excluding tert-OH is 1. The van der Waals surface area contributed by atoms with Gasteiger partial charge in [0.05, 0.1) is 19.3 Å². The van der Waals surface area contributed by atoms with Gasteiger partial charge in [-0.3, -0.25) is 4.79 Å². The molecule has 0 bridgehead atoms. The van der Waals surface area contributed by atoms with Crippen LogP contribution in [0.2, 0.25) is 0 Å². The molecule has 12 heavy (non-hydrogen) atoms. The van der Waals surface area contributed by atoms with E-state index in [1.54, 1.807) is 4.90 Å². The van der Waals surface area contributed by atoms with E-state index in [4.69, 9.17) is 9.84 Å². The average molecular weight is 173 g/mol. The lowest BCUT2D eigenvalue weighted by atomic mass is 10.2. The van der Waals surface area contributed by atoms with Gasteiger partial charge in [0.25, 0.3) is 5.91 Å². The summed E-state index contributed by atoms with van der Waals surface area (Å²) in [5, 5.41) is 9.06. The predicted octanol–water partition coefficient (Wildman–Crippen LogP) is -0.386. The number of amides is 1. The van der Waals surface area contributed by atoms with Crippen molar-refractivity contribution in [2.24, 2.45) is 0 Å². The van der Waals surface area contributed by atoms with E-state index in [1.165, 1.54) is 6.92 Å². The van der Waals surface area contributed by atoms with Gasteiger partial charge < -0.3 is 14.7 Å². The largest absolute Gasteiger partial charge is 0.384 e. The van der Waals surface area contributed by atoms with Crippen LogP contribution in [0.5, 0.6) is 0 Å². The van der Waals surface area contributed by atoms with Crippen molar-refractivity contribution in [3.05, 3.63) is 0 Å². The molecule has 1 amide bonds. The van der Waals surface area contributed by atoms with Crippen molar-refractivity contribution >= 4 is 5.91 Å². The van der Waals surface area contributed by atoms with Crippen molar-refractivity contribution in [2.45, 2.75) is 26.0 Å². The fraction of sp³-hybridized carbons (Fsp3) is 0.875. The first-order chi connectivity index (χ1) is 5.63. The second-order valence-electron chi connectivity index (χ2n) is 3.13. The molecule has 1 fully saturated rings. The molecular weight excluding hydrogens is 158 g/mol. The number of nitrogens with zero attached hydrogens (tertiary/aromatic N) is 1. The predicted molar refractivity (Wildman–Crippen MR) is 43.7 cm³/mol. The molecule has 0 saturated carbocycles.